The number of benzene rings is 1. The fourth-order valence-electron chi connectivity index (χ4n) is 2.62. The van der Waals surface area contributed by atoms with Crippen molar-refractivity contribution in [2.75, 3.05) is 0 Å². The van der Waals surface area contributed by atoms with E-state index in [9.17, 15) is 4.79 Å². The van der Waals surface area contributed by atoms with Gasteiger partial charge in [0.1, 0.15) is 5.69 Å². The molecule has 1 aromatic carbocycles. The molecule has 0 aliphatic carbocycles. The Morgan fingerprint density at radius 3 is 2.73 bits per heavy atom. The Morgan fingerprint density at radius 1 is 1.20 bits per heavy atom. The fourth-order valence-corrected chi connectivity index (χ4v) is 2.81. The van der Waals surface area contributed by atoms with Crippen LogP contribution < -0.4 is 10.5 Å². The topological polar surface area (TPSA) is 140 Å². The number of hydrogen-bond acceptors (Lipinski definition) is 8. The number of rotatable bonds is 6. The molecule has 4 aromatic rings. The van der Waals surface area contributed by atoms with Gasteiger partial charge >= 0.3 is 6.01 Å². The van der Waals surface area contributed by atoms with Crippen LogP contribution in [0.4, 0.5) is 0 Å². The first kappa shape index (κ1) is 19.5. The van der Waals surface area contributed by atoms with Crippen LogP contribution in [-0.4, -0.2) is 45.9 Å². The van der Waals surface area contributed by atoms with E-state index in [2.05, 4.69) is 30.6 Å². The first-order chi connectivity index (χ1) is 14.4. The van der Waals surface area contributed by atoms with Crippen LogP contribution >= 0.6 is 11.6 Å². The van der Waals surface area contributed by atoms with Gasteiger partial charge in [0.25, 0.3) is 0 Å². The fraction of sp³-hybridized carbons (Fsp3) is 0.167. The average molecular weight is 426 g/mol. The number of nitrogens with two attached hydrogens (primary N) is 1. The lowest BCUT2D eigenvalue weighted by Gasteiger charge is -2.10. The molecular formula is C18H16ClN9O2. The van der Waals surface area contributed by atoms with Gasteiger partial charge in [0.05, 0.1) is 11.3 Å². The summed E-state index contributed by atoms with van der Waals surface area (Å²) < 4.78 is 7.48. The second-order valence-electron chi connectivity index (χ2n) is 6.34. The van der Waals surface area contributed by atoms with E-state index in [0.29, 0.717) is 33.6 Å². The third kappa shape index (κ3) is 3.82. The van der Waals surface area contributed by atoms with Crippen molar-refractivity contribution in [1.82, 2.24) is 40.0 Å². The molecule has 0 fully saturated rings. The van der Waals surface area contributed by atoms with Crippen molar-refractivity contribution < 1.29 is 9.53 Å². The van der Waals surface area contributed by atoms with Crippen LogP contribution in [0.2, 0.25) is 5.02 Å². The minimum Gasteiger partial charge on any atom is -0.452 e. The number of aromatic nitrogens is 8. The van der Waals surface area contributed by atoms with Gasteiger partial charge in [0.2, 0.25) is 11.7 Å². The molecule has 3 aromatic heterocycles. The molecule has 30 heavy (non-hydrogen) atoms. The van der Waals surface area contributed by atoms with Gasteiger partial charge in [-0.1, -0.05) is 22.8 Å². The molecule has 1 atom stereocenters. The summed E-state index contributed by atoms with van der Waals surface area (Å²) in [5.74, 6) is 0.274. The molecule has 0 spiro atoms. The molecule has 4 rings (SSSR count). The number of halogens is 1. The van der Waals surface area contributed by atoms with Crippen LogP contribution in [0.15, 0.2) is 42.6 Å². The summed E-state index contributed by atoms with van der Waals surface area (Å²) in [6.07, 6.45) is 0.840. The lowest BCUT2D eigenvalue weighted by molar-refractivity contribution is 0.1000. The van der Waals surface area contributed by atoms with Crippen molar-refractivity contribution >= 4 is 17.5 Å². The molecular weight excluding hydrogens is 410 g/mol. The number of amides is 1. The van der Waals surface area contributed by atoms with Crippen LogP contribution in [0.25, 0.3) is 17.2 Å². The summed E-state index contributed by atoms with van der Waals surface area (Å²) in [5, 5.41) is 21.1. The molecule has 0 radical (unpaired) electrons. The molecule has 0 bridgehead atoms. The summed E-state index contributed by atoms with van der Waals surface area (Å²) in [7, 11) is 1.73. The third-order valence-corrected chi connectivity index (χ3v) is 4.46. The van der Waals surface area contributed by atoms with E-state index in [-0.39, 0.29) is 6.01 Å². The minimum atomic E-state index is -0.553. The molecule has 3 heterocycles. The second-order valence-corrected chi connectivity index (χ2v) is 6.78. The molecule has 11 nitrogen and oxygen atoms in total. The number of hydrogen-bond donors (Lipinski definition) is 1. The number of carbonyl (C=O) groups excluding carboxylic acids is 1. The molecule has 2 N–H and O–H groups in total. The highest BCUT2D eigenvalue weighted by atomic mass is 35.5. The average Bonchev–Trinajstić information content (AvgIpc) is 3.36. The summed E-state index contributed by atoms with van der Waals surface area (Å²) in [6, 6.07) is 10.5. The number of nitrogens with zero attached hydrogens (tertiary/aromatic N) is 8. The van der Waals surface area contributed by atoms with Gasteiger partial charge in [0, 0.05) is 18.3 Å². The van der Waals surface area contributed by atoms with E-state index >= 15 is 0 Å². The van der Waals surface area contributed by atoms with Crippen molar-refractivity contribution in [2.24, 2.45) is 12.8 Å². The number of carbonyl (C=O) groups is 1. The van der Waals surface area contributed by atoms with Crippen LogP contribution in [0.5, 0.6) is 6.01 Å². The maximum atomic E-state index is 11.2. The smallest absolute Gasteiger partial charge is 0.317 e. The minimum absolute atomic E-state index is 0.248. The van der Waals surface area contributed by atoms with Crippen LogP contribution in [0, 0.1) is 0 Å². The van der Waals surface area contributed by atoms with Crippen LogP contribution in [0.1, 0.15) is 29.2 Å². The highest BCUT2D eigenvalue weighted by Gasteiger charge is 2.20. The van der Waals surface area contributed by atoms with E-state index in [1.165, 1.54) is 11.0 Å². The normalized spacial score (nSPS) is 12.0. The number of tetrazole rings is 1. The SMILES string of the molecule is CC(Oc1nnc(-c2ccc(C(N)=O)cn2)n1C)c1nnn(-c2cccc(Cl)c2)n1. The zero-order valence-corrected chi connectivity index (χ0v) is 16.7. The van der Waals surface area contributed by atoms with Gasteiger partial charge in [-0.15, -0.1) is 20.1 Å². The summed E-state index contributed by atoms with van der Waals surface area (Å²) in [6.45, 7) is 1.77. The maximum absolute atomic E-state index is 11.2. The highest BCUT2D eigenvalue weighted by molar-refractivity contribution is 6.30. The third-order valence-electron chi connectivity index (χ3n) is 4.23. The predicted octanol–water partition coefficient (Wildman–Crippen LogP) is 1.75. The van der Waals surface area contributed by atoms with E-state index < -0.39 is 12.0 Å². The first-order valence-corrected chi connectivity index (χ1v) is 9.18. The molecule has 0 aliphatic rings. The standard InChI is InChI=1S/C18H16ClN9O2/c1-10(16-22-26-28(25-16)13-5-3-4-12(19)8-13)30-18-24-23-17(27(18)2)14-7-6-11(9-21-14)15(20)29/h3-10H,1-2H3,(H2,20,29). The Balaban J connectivity index is 1.52. The van der Waals surface area contributed by atoms with Gasteiger partial charge in [0.15, 0.2) is 11.9 Å². The Kier molecular flexibility index (Phi) is 5.11. The van der Waals surface area contributed by atoms with E-state index in [1.807, 2.05) is 6.07 Å². The summed E-state index contributed by atoms with van der Waals surface area (Å²) in [4.78, 5) is 16.8. The van der Waals surface area contributed by atoms with Crippen LogP contribution in [-0.2, 0) is 7.05 Å². The van der Waals surface area contributed by atoms with E-state index in [4.69, 9.17) is 22.1 Å². The predicted molar refractivity (Wildman–Crippen MR) is 106 cm³/mol. The Morgan fingerprint density at radius 2 is 2.03 bits per heavy atom. The monoisotopic (exact) mass is 425 g/mol. The van der Waals surface area contributed by atoms with Gasteiger partial charge in [-0.25, -0.2) is 0 Å². The Labute approximate surface area is 175 Å². The number of pyridine rings is 1. The molecule has 0 saturated heterocycles. The Hall–Kier alpha value is -3.86. The van der Waals surface area contributed by atoms with Gasteiger partial charge in [-0.2, -0.15) is 0 Å². The zero-order chi connectivity index (χ0) is 21.3. The van der Waals surface area contributed by atoms with Crippen molar-refractivity contribution in [2.45, 2.75) is 13.0 Å². The van der Waals surface area contributed by atoms with Crippen molar-refractivity contribution in [1.29, 1.82) is 0 Å². The van der Waals surface area contributed by atoms with E-state index in [0.717, 1.165) is 0 Å². The van der Waals surface area contributed by atoms with Gasteiger partial charge in [-0.05, 0) is 42.5 Å². The lowest BCUT2D eigenvalue weighted by Crippen LogP contribution is -2.11. The van der Waals surface area contributed by atoms with Crippen molar-refractivity contribution in [3.8, 4) is 23.2 Å². The molecule has 0 aliphatic heterocycles. The first-order valence-electron chi connectivity index (χ1n) is 8.80. The lowest BCUT2D eigenvalue weighted by atomic mass is 10.2. The Bertz CT molecular complexity index is 1200. The molecule has 12 heteroatoms. The highest BCUT2D eigenvalue weighted by Crippen LogP contribution is 2.22. The quantitative estimate of drug-likeness (QED) is 0.492. The summed E-state index contributed by atoms with van der Waals surface area (Å²) in [5.41, 5.74) is 6.74. The second kappa shape index (κ2) is 7.87. The maximum Gasteiger partial charge on any atom is 0.317 e. The molecule has 0 saturated carbocycles. The van der Waals surface area contributed by atoms with Crippen molar-refractivity contribution in [3.05, 3.63) is 59.0 Å². The largest absolute Gasteiger partial charge is 0.452 e. The number of ether oxygens (including phenoxy) is 1. The zero-order valence-electron chi connectivity index (χ0n) is 16.0. The molecule has 152 valence electrons. The molecule has 1 unspecified atom stereocenters. The van der Waals surface area contributed by atoms with Gasteiger partial charge in [-0.3, -0.25) is 14.3 Å². The van der Waals surface area contributed by atoms with Gasteiger partial charge < -0.3 is 10.5 Å². The van der Waals surface area contributed by atoms with Crippen molar-refractivity contribution in [3.63, 3.8) is 0 Å². The van der Waals surface area contributed by atoms with E-state index in [1.54, 1.807) is 48.9 Å². The summed E-state index contributed by atoms with van der Waals surface area (Å²) >= 11 is 6.01. The number of primary amides is 1. The molecule has 1 amide bonds. The van der Waals surface area contributed by atoms with Crippen LogP contribution in [0.3, 0.4) is 0 Å².